The fourth-order valence-electron chi connectivity index (χ4n) is 3.25. The predicted molar refractivity (Wildman–Crippen MR) is 90.3 cm³/mol. The van der Waals surface area contributed by atoms with Crippen molar-refractivity contribution in [1.82, 2.24) is 4.90 Å². The lowest BCUT2D eigenvalue weighted by atomic mass is 9.90. The van der Waals surface area contributed by atoms with Crippen LogP contribution in [0.25, 0.3) is 11.0 Å². The van der Waals surface area contributed by atoms with Gasteiger partial charge in [0, 0.05) is 15.9 Å². The molecule has 2 heterocycles. The summed E-state index contributed by atoms with van der Waals surface area (Å²) in [6.07, 6.45) is 2.38. The Morgan fingerprint density at radius 2 is 1.95 bits per heavy atom. The molecular formula is C17H23BrN2O. The zero-order valence-electron chi connectivity index (χ0n) is 12.7. The van der Waals surface area contributed by atoms with Crippen molar-refractivity contribution in [2.45, 2.75) is 38.8 Å². The third-order valence-electron chi connectivity index (χ3n) is 4.77. The second kappa shape index (κ2) is 6.11. The van der Waals surface area contributed by atoms with Crippen molar-refractivity contribution in [3.63, 3.8) is 0 Å². The molecule has 1 aliphatic heterocycles. The molecule has 0 amide bonds. The van der Waals surface area contributed by atoms with Gasteiger partial charge in [0.1, 0.15) is 11.3 Å². The number of halogens is 1. The van der Waals surface area contributed by atoms with E-state index in [2.05, 4.69) is 46.8 Å². The molecule has 0 spiro atoms. The Labute approximate surface area is 134 Å². The summed E-state index contributed by atoms with van der Waals surface area (Å²) in [5.41, 5.74) is 6.99. The van der Waals surface area contributed by atoms with Gasteiger partial charge in [-0.05, 0) is 70.0 Å². The average molecular weight is 351 g/mol. The number of fused-ring (bicyclic) bond motifs is 1. The van der Waals surface area contributed by atoms with Crippen molar-refractivity contribution < 1.29 is 4.42 Å². The molecule has 1 saturated heterocycles. The quantitative estimate of drug-likeness (QED) is 0.896. The van der Waals surface area contributed by atoms with Crippen LogP contribution in [0.1, 0.15) is 38.5 Å². The van der Waals surface area contributed by atoms with Crippen molar-refractivity contribution in [3.05, 3.63) is 34.5 Å². The van der Waals surface area contributed by atoms with Crippen LogP contribution in [0.15, 0.2) is 33.2 Å². The normalized spacial score (nSPS) is 20.8. The van der Waals surface area contributed by atoms with Crippen molar-refractivity contribution in [1.29, 1.82) is 0 Å². The van der Waals surface area contributed by atoms with Crippen LogP contribution in [0, 0.1) is 5.92 Å². The Balaban J connectivity index is 1.73. The zero-order chi connectivity index (χ0) is 15.0. The number of furan rings is 1. The summed E-state index contributed by atoms with van der Waals surface area (Å²) in [4.78, 5) is 2.51. The monoisotopic (exact) mass is 350 g/mol. The smallest absolute Gasteiger partial charge is 0.134 e. The van der Waals surface area contributed by atoms with E-state index in [9.17, 15) is 0 Å². The second-order valence-electron chi connectivity index (χ2n) is 6.24. The standard InChI is InChI=1S/C17H23BrN2O/c1-11(19)13-5-7-20(8-6-13)12(2)17-10-14-9-15(18)3-4-16(14)21-17/h3-4,9-13H,5-8,19H2,1-2H3. The van der Waals surface area contributed by atoms with Gasteiger partial charge in [-0.1, -0.05) is 15.9 Å². The van der Waals surface area contributed by atoms with Crippen LogP contribution in [0.2, 0.25) is 0 Å². The van der Waals surface area contributed by atoms with Gasteiger partial charge in [0.05, 0.1) is 6.04 Å². The molecule has 1 aromatic heterocycles. The summed E-state index contributed by atoms with van der Waals surface area (Å²) >= 11 is 3.51. The summed E-state index contributed by atoms with van der Waals surface area (Å²) in [6, 6.07) is 8.96. The Morgan fingerprint density at radius 3 is 2.62 bits per heavy atom. The number of benzene rings is 1. The highest BCUT2D eigenvalue weighted by molar-refractivity contribution is 9.10. The lowest BCUT2D eigenvalue weighted by Gasteiger charge is -2.36. The summed E-state index contributed by atoms with van der Waals surface area (Å²) in [5, 5.41) is 1.16. The highest BCUT2D eigenvalue weighted by atomic mass is 79.9. The first-order valence-electron chi connectivity index (χ1n) is 7.73. The Morgan fingerprint density at radius 1 is 1.24 bits per heavy atom. The third-order valence-corrected chi connectivity index (χ3v) is 5.27. The van der Waals surface area contributed by atoms with Crippen LogP contribution in [0.4, 0.5) is 0 Å². The molecule has 4 heteroatoms. The van der Waals surface area contributed by atoms with Crippen molar-refractivity contribution in [2.75, 3.05) is 13.1 Å². The molecule has 2 atom stereocenters. The van der Waals surface area contributed by atoms with Gasteiger partial charge in [0.2, 0.25) is 0 Å². The van der Waals surface area contributed by atoms with Gasteiger partial charge in [-0.2, -0.15) is 0 Å². The maximum Gasteiger partial charge on any atom is 0.134 e. The highest BCUT2D eigenvalue weighted by Gasteiger charge is 2.26. The number of hydrogen-bond acceptors (Lipinski definition) is 3. The van der Waals surface area contributed by atoms with E-state index in [1.807, 2.05) is 12.1 Å². The van der Waals surface area contributed by atoms with E-state index in [4.69, 9.17) is 10.2 Å². The first kappa shape index (κ1) is 15.1. The van der Waals surface area contributed by atoms with Crippen molar-refractivity contribution >= 4 is 26.9 Å². The molecule has 21 heavy (non-hydrogen) atoms. The predicted octanol–water partition coefficient (Wildman–Crippen LogP) is 4.32. The minimum Gasteiger partial charge on any atom is -0.459 e. The minimum absolute atomic E-state index is 0.311. The first-order valence-corrected chi connectivity index (χ1v) is 8.52. The average Bonchev–Trinajstić information content (AvgIpc) is 2.89. The second-order valence-corrected chi connectivity index (χ2v) is 7.16. The van der Waals surface area contributed by atoms with Gasteiger partial charge in [0.15, 0.2) is 0 Å². The molecule has 0 bridgehead atoms. The zero-order valence-corrected chi connectivity index (χ0v) is 14.3. The molecule has 0 aliphatic carbocycles. The Bertz CT molecular complexity index is 614. The Hall–Kier alpha value is -0.840. The van der Waals surface area contributed by atoms with Crippen LogP contribution in [-0.4, -0.2) is 24.0 Å². The largest absolute Gasteiger partial charge is 0.459 e. The fourth-order valence-corrected chi connectivity index (χ4v) is 3.63. The van der Waals surface area contributed by atoms with Gasteiger partial charge < -0.3 is 10.2 Å². The summed E-state index contributed by atoms with van der Waals surface area (Å²) in [6.45, 7) is 6.57. The summed E-state index contributed by atoms with van der Waals surface area (Å²) in [5.74, 6) is 1.72. The van der Waals surface area contributed by atoms with E-state index in [1.165, 1.54) is 12.8 Å². The molecule has 1 fully saturated rings. The van der Waals surface area contributed by atoms with Gasteiger partial charge in [0.25, 0.3) is 0 Å². The van der Waals surface area contributed by atoms with Gasteiger partial charge in [-0.3, -0.25) is 4.90 Å². The van der Waals surface area contributed by atoms with Crippen LogP contribution < -0.4 is 5.73 Å². The molecular weight excluding hydrogens is 328 g/mol. The number of piperidine rings is 1. The number of nitrogens with zero attached hydrogens (tertiary/aromatic N) is 1. The summed E-state index contributed by atoms with van der Waals surface area (Å²) < 4.78 is 7.12. The fraction of sp³-hybridized carbons (Fsp3) is 0.529. The highest BCUT2D eigenvalue weighted by Crippen LogP contribution is 2.32. The van der Waals surface area contributed by atoms with E-state index in [0.717, 1.165) is 34.3 Å². The minimum atomic E-state index is 0.311. The van der Waals surface area contributed by atoms with Crippen LogP contribution in [0.3, 0.4) is 0 Å². The number of rotatable bonds is 3. The number of likely N-dealkylation sites (tertiary alicyclic amines) is 1. The van der Waals surface area contributed by atoms with Crippen molar-refractivity contribution in [2.24, 2.45) is 11.7 Å². The van der Waals surface area contributed by atoms with Gasteiger partial charge in [-0.25, -0.2) is 0 Å². The SMILES string of the molecule is CC(N)C1CCN(C(C)c2cc3cc(Br)ccc3o2)CC1. The van der Waals surface area contributed by atoms with Crippen molar-refractivity contribution in [3.8, 4) is 0 Å². The number of nitrogens with two attached hydrogens (primary N) is 1. The van der Waals surface area contributed by atoms with Crippen LogP contribution in [-0.2, 0) is 0 Å². The van der Waals surface area contributed by atoms with Crippen LogP contribution in [0.5, 0.6) is 0 Å². The maximum atomic E-state index is 6.03. The molecule has 2 unspecified atom stereocenters. The molecule has 114 valence electrons. The molecule has 2 N–H and O–H groups in total. The molecule has 1 aliphatic rings. The molecule has 2 aromatic rings. The van der Waals surface area contributed by atoms with E-state index in [0.29, 0.717) is 18.0 Å². The summed E-state index contributed by atoms with van der Waals surface area (Å²) in [7, 11) is 0. The maximum absolute atomic E-state index is 6.03. The lowest BCUT2D eigenvalue weighted by molar-refractivity contribution is 0.121. The van der Waals surface area contributed by atoms with Gasteiger partial charge in [-0.15, -0.1) is 0 Å². The number of hydrogen-bond donors (Lipinski definition) is 1. The molecule has 3 nitrogen and oxygen atoms in total. The van der Waals surface area contributed by atoms with E-state index >= 15 is 0 Å². The van der Waals surface area contributed by atoms with E-state index in [-0.39, 0.29) is 0 Å². The first-order chi connectivity index (χ1) is 10.0. The molecule has 3 rings (SSSR count). The van der Waals surface area contributed by atoms with E-state index in [1.54, 1.807) is 0 Å². The van der Waals surface area contributed by atoms with Gasteiger partial charge >= 0.3 is 0 Å². The molecule has 0 radical (unpaired) electrons. The topological polar surface area (TPSA) is 42.4 Å². The molecule has 0 saturated carbocycles. The van der Waals surface area contributed by atoms with E-state index < -0.39 is 0 Å². The molecule has 1 aromatic carbocycles. The van der Waals surface area contributed by atoms with Crippen LogP contribution >= 0.6 is 15.9 Å². The lowest BCUT2D eigenvalue weighted by Crippen LogP contribution is -2.40. The third kappa shape index (κ3) is 3.17. The Kier molecular flexibility index (Phi) is 4.38.